The van der Waals surface area contributed by atoms with Crippen LogP contribution >= 0.6 is 0 Å². The van der Waals surface area contributed by atoms with E-state index in [0.717, 1.165) is 68.9 Å². The van der Waals surface area contributed by atoms with Crippen LogP contribution < -0.4 is 16.2 Å². The van der Waals surface area contributed by atoms with Crippen LogP contribution in [0.5, 0.6) is 0 Å². The number of fused-ring (bicyclic) bond motifs is 1. The first kappa shape index (κ1) is 27.5. The summed E-state index contributed by atoms with van der Waals surface area (Å²) in [5, 5.41) is 2.58. The van der Waals surface area contributed by atoms with E-state index in [1.165, 1.54) is 34.3 Å². The number of pyridine rings is 1. The average Bonchev–Trinajstić information content (AvgIpc) is 2.86. The minimum absolute atomic E-state index is 0.458. The fourth-order valence-electron chi connectivity index (χ4n) is 4.33. The van der Waals surface area contributed by atoms with Crippen molar-refractivity contribution in [3.05, 3.63) is 63.3 Å². The smallest absolute Gasteiger partial charge is 0.150 e. The Balaban J connectivity index is 0.000000387. The molecule has 0 aliphatic heterocycles. The van der Waals surface area contributed by atoms with Crippen molar-refractivity contribution in [1.29, 1.82) is 0 Å². The number of nitrogens with two attached hydrogens (primary N) is 1. The molecule has 34 heavy (non-hydrogen) atoms. The molecule has 1 atom stereocenters. The van der Waals surface area contributed by atoms with E-state index in [1.54, 1.807) is 0 Å². The Labute approximate surface area is 206 Å². The lowest BCUT2D eigenvalue weighted by atomic mass is 9.96. The van der Waals surface area contributed by atoms with E-state index in [-0.39, 0.29) is 0 Å². The van der Waals surface area contributed by atoms with Crippen LogP contribution in [0.2, 0.25) is 0 Å². The maximum atomic E-state index is 11.2. The van der Waals surface area contributed by atoms with Crippen LogP contribution in [0.15, 0.2) is 35.5 Å². The summed E-state index contributed by atoms with van der Waals surface area (Å²) in [5.74, 6) is 0.485. The lowest BCUT2D eigenvalue weighted by Gasteiger charge is -2.09. The van der Waals surface area contributed by atoms with Gasteiger partial charge < -0.3 is 5.73 Å². The number of carbonyl (C=O) groups excluding carboxylic acids is 1. The summed E-state index contributed by atoms with van der Waals surface area (Å²) < 4.78 is 0. The Morgan fingerprint density at radius 3 is 2.47 bits per heavy atom. The molecule has 2 aromatic rings. The van der Waals surface area contributed by atoms with Gasteiger partial charge in [-0.1, -0.05) is 52.3 Å². The van der Waals surface area contributed by atoms with Gasteiger partial charge in [-0.15, -0.1) is 0 Å². The molecule has 184 valence electrons. The first-order valence-corrected chi connectivity index (χ1v) is 13.0. The molecule has 1 heterocycles. The Kier molecular flexibility index (Phi) is 12.3. The van der Waals surface area contributed by atoms with Crippen LogP contribution in [0.4, 0.5) is 0 Å². The summed E-state index contributed by atoms with van der Waals surface area (Å²) in [6, 6.07) is 8.90. The maximum Gasteiger partial charge on any atom is 0.150 e. The number of nitrogens with zero attached hydrogens (tertiary/aromatic N) is 2. The number of rotatable bonds is 11. The second-order valence-corrected chi connectivity index (χ2v) is 9.39. The van der Waals surface area contributed by atoms with Gasteiger partial charge in [-0.2, -0.15) is 0 Å². The molecule has 0 bridgehead atoms. The summed E-state index contributed by atoms with van der Waals surface area (Å²) in [7, 11) is 0. The van der Waals surface area contributed by atoms with Crippen molar-refractivity contribution in [3.63, 3.8) is 0 Å². The molecule has 0 fully saturated rings. The normalized spacial score (nSPS) is 13.4. The SMILES string of the molecule is CC(C)c1ccc(CCCCc2cc(C=O)cc3c2=CCCC=3)cn1.CCCC(CC)N=CN. The number of aromatic nitrogens is 1. The molecule has 0 amide bonds. The fraction of sp³-hybridized carbons (Fsp3) is 0.500. The fourth-order valence-corrected chi connectivity index (χ4v) is 4.33. The molecule has 4 heteroatoms. The highest BCUT2D eigenvalue weighted by Gasteiger charge is 2.05. The zero-order chi connectivity index (χ0) is 24.8. The molecule has 2 N–H and O–H groups in total. The summed E-state index contributed by atoms with van der Waals surface area (Å²) in [6.07, 6.45) is 19.0. The summed E-state index contributed by atoms with van der Waals surface area (Å²) in [4.78, 5) is 19.8. The second kappa shape index (κ2) is 15.2. The lowest BCUT2D eigenvalue weighted by Crippen LogP contribution is -2.31. The number of aryl methyl sites for hydroxylation is 2. The van der Waals surface area contributed by atoms with E-state index in [9.17, 15) is 4.79 Å². The first-order chi connectivity index (χ1) is 16.5. The van der Waals surface area contributed by atoms with Crippen molar-refractivity contribution in [2.24, 2.45) is 10.7 Å². The van der Waals surface area contributed by atoms with Crippen LogP contribution in [0.3, 0.4) is 0 Å². The number of aliphatic imine (C=N–C) groups is 1. The van der Waals surface area contributed by atoms with E-state index < -0.39 is 0 Å². The van der Waals surface area contributed by atoms with Gasteiger partial charge in [-0.25, -0.2) is 0 Å². The minimum Gasteiger partial charge on any atom is -0.390 e. The van der Waals surface area contributed by atoms with Gasteiger partial charge in [0.1, 0.15) is 6.29 Å². The van der Waals surface area contributed by atoms with Gasteiger partial charge in [0.05, 0.1) is 12.4 Å². The van der Waals surface area contributed by atoms with E-state index in [4.69, 9.17) is 5.73 Å². The number of benzene rings is 1. The highest BCUT2D eigenvalue weighted by molar-refractivity contribution is 5.75. The molecule has 1 aromatic heterocycles. The molecular weight excluding hydrogens is 418 g/mol. The molecule has 1 aromatic carbocycles. The highest BCUT2D eigenvalue weighted by atomic mass is 16.1. The third kappa shape index (κ3) is 8.89. The summed E-state index contributed by atoms with van der Waals surface area (Å²) in [5.41, 5.74) is 9.74. The van der Waals surface area contributed by atoms with E-state index in [1.807, 2.05) is 12.3 Å². The maximum absolute atomic E-state index is 11.2. The largest absolute Gasteiger partial charge is 0.390 e. The van der Waals surface area contributed by atoms with Crippen LogP contribution in [-0.2, 0) is 12.8 Å². The van der Waals surface area contributed by atoms with Crippen LogP contribution in [-0.4, -0.2) is 23.7 Å². The van der Waals surface area contributed by atoms with Crippen molar-refractivity contribution in [1.82, 2.24) is 4.98 Å². The monoisotopic (exact) mass is 461 g/mol. The lowest BCUT2D eigenvalue weighted by molar-refractivity contribution is 0.112. The van der Waals surface area contributed by atoms with Gasteiger partial charge in [0.2, 0.25) is 0 Å². The van der Waals surface area contributed by atoms with Crippen molar-refractivity contribution >= 4 is 24.8 Å². The molecule has 0 saturated heterocycles. The van der Waals surface area contributed by atoms with Crippen molar-refractivity contribution in [2.75, 3.05) is 0 Å². The highest BCUT2D eigenvalue weighted by Crippen LogP contribution is 2.13. The number of carbonyl (C=O) groups is 1. The van der Waals surface area contributed by atoms with Crippen LogP contribution in [0.1, 0.15) is 106 Å². The Morgan fingerprint density at radius 2 is 1.85 bits per heavy atom. The number of unbranched alkanes of at least 4 members (excludes halogenated alkanes) is 1. The van der Waals surface area contributed by atoms with E-state index >= 15 is 0 Å². The van der Waals surface area contributed by atoms with Crippen molar-refractivity contribution < 1.29 is 4.79 Å². The number of hydrogen-bond acceptors (Lipinski definition) is 3. The third-order valence-corrected chi connectivity index (χ3v) is 6.33. The predicted octanol–water partition coefficient (Wildman–Crippen LogP) is 5.49. The summed E-state index contributed by atoms with van der Waals surface area (Å²) >= 11 is 0. The topological polar surface area (TPSA) is 68.3 Å². The summed E-state index contributed by atoms with van der Waals surface area (Å²) in [6.45, 7) is 8.64. The van der Waals surface area contributed by atoms with Crippen LogP contribution in [0, 0.1) is 0 Å². The number of aldehydes is 1. The molecule has 4 nitrogen and oxygen atoms in total. The molecule has 3 rings (SSSR count). The molecule has 1 aliphatic rings. The van der Waals surface area contributed by atoms with Gasteiger partial charge in [-0.3, -0.25) is 14.8 Å². The van der Waals surface area contributed by atoms with E-state index in [0.29, 0.717) is 12.0 Å². The van der Waals surface area contributed by atoms with Gasteiger partial charge in [0.15, 0.2) is 0 Å². The zero-order valence-corrected chi connectivity index (χ0v) is 21.6. The first-order valence-electron chi connectivity index (χ1n) is 13.0. The molecule has 0 saturated carbocycles. The van der Waals surface area contributed by atoms with Crippen LogP contribution in [0.25, 0.3) is 12.2 Å². The zero-order valence-electron chi connectivity index (χ0n) is 21.6. The third-order valence-electron chi connectivity index (χ3n) is 6.33. The van der Waals surface area contributed by atoms with Gasteiger partial charge in [0.25, 0.3) is 0 Å². The van der Waals surface area contributed by atoms with Gasteiger partial charge >= 0.3 is 0 Å². The standard InChI is InChI=1S/C23H27NO.C7H16N2/c1-17(2)23-12-11-18(15-24-23)7-3-4-8-20-13-19(16-25)14-21-9-5-6-10-22(20)21;1-3-5-7(4-2)9-6-8/h9-17H,3-8H2,1-2H3;6-7H,3-5H2,1-2H3,(H2,8,9). The Hall–Kier alpha value is -2.75. The van der Waals surface area contributed by atoms with Crippen molar-refractivity contribution in [2.45, 2.75) is 97.4 Å². The molecule has 0 spiro atoms. The van der Waals surface area contributed by atoms with Gasteiger partial charge in [-0.05, 0) is 97.0 Å². The number of hydrogen-bond donors (Lipinski definition) is 1. The molecule has 1 unspecified atom stereocenters. The van der Waals surface area contributed by atoms with E-state index in [2.05, 4.69) is 68.0 Å². The molecular formula is C30H43N3O. The molecule has 1 aliphatic carbocycles. The predicted molar refractivity (Wildman–Crippen MR) is 146 cm³/mol. The molecule has 0 radical (unpaired) electrons. The Bertz CT molecular complexity index is 1020. The quantitative estimate of drug-likeness (QED) is 0.208. The Morgan fingerprint density at radius 1 is 1.09 bits per heavy atom. The minimum atomic E-state index is 0.458. The van der Waals surface area contributed by atoms with Crippen molar-refractivity contribution in [3.8, 4) is 0 Å². The average molecular weight is 462 g/mol. The second-order valence-electron chi connectivity index (χ2n) is 9.39. The van der Waals surface area contributed by atoms with Gasteiger partial charge in [0, 0.05) is 17.5 Å².